The Labute approximate surface area is 273 Å². The summed E-state index contributed by atoms with van der Waals surface area (Å²) in [6.07, 6.45) is 6.54. The number of hydrogen-bond acceptors (Lipinski definition) is 8. The summed E-state index contributed by atoms with van der Waals surface area (Å²) >= 11 is 3.28. The van der Waals surface area contributed by atoms with E-state index in [0.717, 1.165) is 32.8 Å². The highest BCUT2D eigenvalue weighted by molar-refractivity contribution is 9.10. The molecule has 0 bridgehead atoms. The highest BCUT2D eigenvalue weighted by atomic mass is 79.9. The first kappa shape index (κ1) is 33.5. The molecule has 0 atom stereocenters. The van der Waals surface area contributed by atoms with Gasteiger partial charge in [-0.1, -0.05) is 37.4 Å². The summed E-state index contributed by atoms with van der Waals surface area (Å²) in [5.74, 6) is 0.703. The van der Waals surface area contributed by atoms with Gasteiger partial charge in [0.1, 0.15) is 11.6 Å². The van der Waals surface area contributed by atoms with Gasteiger partial charge in [0, 0.05) is 44.9 Å². The van der Waals surface area contributed by atoms with Crippen LogP contribution < -0.4 is 26.7 Å². The van der Waals surface area contributed by atoms with Gasteiger partial charge in [0.25, 0.3) is 0 Å². The molecular weight excluding hydrogens is 655 g/mol. The molecule has 14 heteroatoms. The average Bonchev–Trinajstić information content (AvgIpc) is 3.61. The fraction of sp³-hybridized carbons (Fsp3) is 0.0625. The second kappa shape index (κ2) is 15.5. The number of carbonyl (C=O) groups excluding carboxylic acids is 4. The first-order chi connectivity index (χ1) is 22.0. The normalized spacial score (nSPS) is 12.0. The van der Waals surface area contributed by atoms with E-state index in [1.54, 1.807) is 36.7 Å². The third kappa shape index (κ3) is 9.28. The van der Waals surface area contributed by atoms with Crippen LogP contribution in [-0.2, 0) is 32.0 Å². The largest absolute Gasteiger partial charge is 0.488 e. The van der Waals surface area contributed by atoms with Crippen molar-refractivity contribution in [3.05, 3.63) is 114 Å². The quantitative estimate of drug-likeness (QED) is 0.132. The van der Waals surface area contributed by atoms with Crippen molar-refractivity contribution < 1.29 is 29.2 Å². The Hall–Kier alpha value is -5.44. The lowest BCUT2D eigenvalue weighted by atomic mass is 9.80. The van der Waals surface area contributed by atoms with Gasteiger partial charge >= 0.3 is 7.12 Å². The maximum absolute atomic E-state index is 11.3. The van der Waals surface area contributed by atoms with Crippen LogP contribution in [0.2, 0.25) is 0 Å². The first-order valence-electron chi connectivity index (χ1n) is 13.7. The number of halogens is 1. The molecule has 0 aliphatic carbocycles. The van der Waals surface area contributed by atoms with Crippen LogP contribution in [0.3, 0.4) is 0 Å². The fourth-order valence-electron chi connectivity index (χ4n) is 4.28. The average molecular weight is 683 g/mol. The van der Waals surface area contributed by atoms with Crippen molar-refractivity contribution in [1.29, 1.82) is 0 Å². The van der Waals surface area contributed by atoms with E-state index >= 15 is 0 Å². The van der Waals surface area contributed by atoms with Crippen molar-refractivity contribution in [3.8, 4) is 11.1 Å². The van der Waals surface area contributed by atoms with Crippen molar-refractivity contribution in [2.24, 2.45) is 0 Å². The predicted octanol–water partition coefficient (Wildman–Crippen LogP) is 3.20. The van der Waals surface area contributed by atoms with Crippen LogP contribution in [0.15, 0.2) is 103 Å². The topological polar surface area (TPSA) is 183 Å². The van der Waals surface area contributed by atoms with Gasteiger partial charge in [0.05, 0.1) is 12.8 Å². The highest BCUT2D eigenvalue weighted by Crippen LogP contribution is 2.28. The molecule has 0 fully saturated rings. The molecule has 0 radical (unpaired) electrons. The Kier molecular flexibility index (Phi) is 11.3. The summed E-state index contributed by atoms with van der Waals surface area (Å²) < 4.78 is 0.910. The predicted molar refractivity (Wildman–Crippen MR) is 180 cm³/mol. The smallest absolute Gasteiger partial charge is 0.423 e. The molecule has 12 nitrogen and oxygen atoms in total. The molecule has 2 aromatic heterocycles. The summed E-state index contributed by atoms with van der Waals surface area (Å²) in [6, 6.07) is 17.6. The van der Waals surface area contributed by atoms with E-state index in [2.05, 4.69) is 60.3 Å². The number of benzene rings is 2. The van der Waals surface area contributed by atoms with E-state index < -0.39 is 7.12 Å². The third-order valence-electron chi connectivity index (χ3n) is 6.40. The number of hydrogen-bond donors (Lipinski definition) is 6. The molecule has 2 aromatic carbocycles. The zero-order chi connectivity index (χ0) is 33.2. The van der Waals surface area contributed by atoms with Crippen molar-refractivity contribution >= 4 is 75.2 Å². The number of nitrogens with one attached hydrogen (secondary N) is 4. The van der Waals surface area contributed by atoms with E-state index in [-0.39, 0.29) is 23.6 Å². The maximum atomic E-state index is 11.3. The molecule has 0 spiro atoms. The Bertz CT molecular complexity index is 1830. The van der Waals surface area contributed by atoms with Gasteiger partial charge in [-0.05, 0) is 75.5 Å². The third-order valence-corrected chi connectivity index (χ3v) is 6.84. The van der Waals surface area contributed by atoms with E-state index in [4.69, 9.17) is 10.0 Å². The van der Waals surface area contributed by atoms with Crippen LogP contribution >= 0.6 is 15.9 Å². The van der Waals surface area contributed by atoms with Gasteiger partial charge in [0.15, 0.2) is 0 Å². The lowest BCUT2D eigenvalue weighted by Gasteiger charge is -2.07. The lowest BCUT2D eigenvalue weighted by molar-refractivity contribution is -0.115. The van der Waals surface area contributed by atoms with Crippen LogP contribution in [0.4, 0.5) is 23.0 Å². The fourth-order valence-corrected chi connectivity index (χ4v) is 4.66. The molecule has 0 unspecified atom stereocenters. The maximum Gasteiger partial charge on any atom is 0.488 e. The summed E-state index contributed by atoms with van der Waals surface area (Å²) in [6.45, 7) is 6.73. The zero-order valence-electron chi connectivity index (χ0n) is 24.3. The van der Waals surface area contributed by atoms with Crippen LogP contribution in [0, 0.1) is 0 Å². The van der Waals surface area contributed by atoms with Crippen LogP contribution in [-0.4, -0.2) is 50.8 Å². The number of carbonyl (C=O) groups is 4. The van der Waals surface area contributed by atoms with Crippen molar-refractivity contribution in [3.63, 3.8) is 0 Å². The standard InChI is InChI=1S/C16H13N3O2.C9H10BNO3.C7H5BrN2O/c1-2-14(20)18-13-5-3-4-10(7-13)12-6-11-8-15(21)19-16(11)17-9-12;1-2-9(12)11-8-5-3-4-7(6-8)10(13)14;8-5-1-4-2-6(11)10-7(4)9-3-5/h2-7,9H,1,8H2,(H,18,20)(H,17,19,21);2-6,13-14H,1H2,(H,11,12);1,3H,2H2,(H,9,10,11). The molecule has 46 heavy (non-hydrogen) atoms. The monoisotopic (exact) mass is 682 g/mol. The minimum atomic E-state index is -1.53. The number of nitrogens with zero attached hydrogens (tertiary/aromatic N) is 2. The van der Waals surface area contributed by atoms with E-state index in [0.29, 0.717) is 41.3 Å². The Morgan fingerprint density at radius 2 is 1.33 bits per heavy atom. The van der Waals surface area contributed by atoms with Crippen molar-refractivity contribution in [2.45, 2.75) is 12.8 Å². The highest BCUT2D eigenvalue weighted by Gasteiger charge is 2.20. The van der Waals surface area contributed by atoms with Gasteiger partial charge in [0.2, 0.25) is 23.6 Å². The second-order valence-corrected chi connectivity index (χ2v) is 10.7. The summed E-state index contributed by atoms with van der Waals surface area (Å²) in [4.78, 5) is 52.7. The van der Waals surface area contributed by atoms with Crippen LogP contribution in [0.25, 0.3) is 11.1 Å². The van der Waals surface area contributed by atoms with Gasteiger partial charge in [-0.2, -0.15) is 0 Å². The number of fused-ring (bicyclic) bond motifs is 2. The molecule has 6 N–H and O–H groups in total. The Morgan fingerprint density at radius 1 is 0.783 bits per heavy atom. The first-order valence-corrected chi connectivity index (χ1v) is 14.5. The van der Waals surface area contributed by atoms with E-state index in [1.807, 2.05) is 30.3 Å². The number of amides is 4. The minimum absolute atomic E-state index is 0.0191. The number of pyridine rings is 2. The molecule has 4 aromatic rings. The van der Waals surface area contributed by atoms with E-state index in [1.165, 1.54) is 12.1 Å². The number of anilines is 4. The molecule has 0 saturated carbocycles. The van der Waals surface area contributed by atoms with Gasteiger partial charge in [-0.15, -0.1) is 0 Å². The molecule has 6 rings (SSSR count). The van der Waals surface area contributed by atoms with Gasteiger partial charge in [-0.3, -0.25) is 19.2 Å². The summed E-state index contributed by atoms with van der Waals surface area (Å²) in [7, 11) is -1.53. The minimum Gasteiger partial charge on any atom is -0.423 e. The van der Waals surface area contributed by atoms with Crippen LogP contribution in [0.5, 0.6) is 0 Å². The SMILES string of the molecule is C=CC(=O)Nc1cccc(-c2cnc3c(c2)CC(=O)N3)c1.C=CC(=O)Nc1cccc(B(O)O)c1.O=C1Cc2cc(Br)cnc2N1. The molecule has 232 valence electrons. The molecule has 0 saturated heterocycles. The number of rotatable bonds is 6. The zero-order valence-corrected chi connectivity index (χ0v) is 25.9. The van der Waals surface area contributed by atoms with Crippen molar-refractivity contribution in [1.82, 2.24) is 9.97 Å². The van der Waals surface area contributed by atoms with Gasteiger partial charge in [-0.25, -0.2) is 9.97 Å². The summed E-state index contributed by atoms with van der Waals surface area (Å²) in [5.41, 5.74) is 5.19. The molecule has 4 amide bonds. The lowest BCUT2D eigenvalue weighted by Crippen LogP contribution is -2.29. The Balaban J connectivity index is 0.000000167. The molecule has 2 aliphatic rings. The van der Waals surface area contributed by atoms with E-state index in [9.17, 15) is 19.2 Å². The Morgan fingerprint density at radius 3 is 1.91 bits per heavy atom. The molecular formula is C32H28BBrN6O6. The molecule has 2 aliphatic heterocycles. The second-order valence-electron chi connectivity index (χ2n) is 9.81. The van der Waals surface area contributed by atoms with Gasteiger partial charge < -0.3 is 31.3 Å². The van der Waals surface area contributed by atoms with Crippen molar-refractivity contribution in [2.75, 3.05) is 21.3 Å². The number of aromatic nitrogens is 2. The summed E-state index contributed by atoms with van der Waals surface area (Å²) in [5, 5.41) is 28.3. The molecule has 4 heterocycles. The van der Waals surface area contributed by atoms with Crippen LogP contribution in [0.1, 0.15) is 11.1 Å².